The third kappa shape index (κ3) is 2.70. The molecule has 0 spiro atoms. The number of nitro groups is 1. The lowest BCUT2D eigenvalue weighted by atomic mass is 10.1. The molecule has 1 rings (SSSR count). The molecular formula is C11H17N3O2. The molecule has 0 amide bonds. The summed E-state index contributed by atoms with van der Waals surface area (Å²) in [6.45, 7) is 5.70. The maximum absolute atomic E-state index is 10.9. The Morgan fingerprint density at radius 2 is 2.19 bits per heavy atom. The smallest absolute Gasteiger partial charge is 0.292 e. The number of nitrogens with two attached hydrogens (primary N) is 1. The van der Waals surface area contributed by atoms with Crippen LogP contribution in [-0.4, -0.2) is 24.6 Å². The number of hydrogen-bond acceptors (Lipinski definition) is 4. The van der Waals surface area contributed by atoms with Gasteiger partial charge >= 0.3 is 0 Å². The molecule has 0 saturated heterocycles. The van der Waals surface area contributed by atoms with Crippen LogP contribution in [0.2, 0.25) is 0 Å². The van der Waals surface area contributed by atoms with Gasteiger partial charge in [0.1, 0.15) is 5.69 Å². The van der Waals surface area contributed by atoms with Crippen molar-refractivity contribution in [3.8, 4) is 0 Å². The first kappa shape index (κ1) is 12.4. The zero-order valence-corrected chi connectivity index (χ0v) is 9.64. The van der Waals surface area contributed by atoms with E-state index in [0.717, 1.165) is 5.56 Å². The number of benzene rings is 1. The Kier molecular flexibility index (Phi) is 4.25. The van der Waals surface area contributed by atoms with Crippen molar-refractivity contribution in [3.05, 3.63) is 33.9 Å². The third-order valence-corrected chi connectivity index (χ3v) is 2.45. The Hall–Kier alpha value is -1.62. The molecule has 5 heteroatoms. The van der Waals surface area contributed by atoms with Gasteiger partial charge in [0.15, 0.2) is 0 Å². The largest absolute Gasteiger partial charge is 0.365 e. The van der Waals surface area contributed by atoms with Gasteiger partial charge in [-0.3, -0.25) is 10.1 Å². The van der Waals surface area contributed by atoms with Crippen LogP contribution in [0.1, 0.15) is 12.5 Å². The van der Waals surface area contributed by atoms with E-state index in [2.05, 4.69) is 0 Å². The van der Waals surface area contributed by atoms with E-state index in [0.29, 0.717) is 25.3 Å². The van der Waals surface area contributed by atoms with Crippen LogP contribution in [0.15, 0.2) is 18.2 Å². The lowest BCUT2D eigenvalue weighted by Crippen LogP contribution is -2.29. The average Bonchev–Trinajstić information content (AvgIpc) is 2.25. The van der Waals surface area contributed by atoms with Crippen LogP contribution in [0.25, 0.3) is 0 Å². The zero-order chi connectivity index (χ0) is 12.1. The van der Waals surface area contributed by atoms with E-state index >= 15 is 0 Å². The number of aryl methyl sites for hydroxylation is 1. The van der Waals surface area contributed by atoms with Crippen molar-refractivity contribution >= 4 is 11.4 Å². The van der Waals surface area contributed by atoms with E-state index in [-0.39, 0.29) is 10.6 Å². The highest BCUT2D eigenvalue weighted by molar-refractivity contribution is 5.64. The first-order valence-corrected chi connectivity index (χ1v) is 5.30. The van der Waals surface area contributed by atoms with Gasteiger partial charge in [0.2, 0.25) is 0 Å². The standard InChI is InChI=1S/C11H17N3O2/c1-3-13(7-6-12)11-8-9(2)4-5-10(11)14(15)16/h4-5,8H,3,6-7,12H2,1-2H3. The molecule has 1 aromatic rings. The number of hydrogen-bond donors (Lipinski definition) is 1. The summed E-state index contributed by atoms with van der Waals surface area (Å²) < 4.78 is 0. The van der Waals surface area contributed by atoms with Gasteiger partial charge < -0.3 is 10.6 Å². The van der Waals surface area contributed by atoms with E-state index < -0.39 is 0 Å². The number of nitro benzene ring substituents is 1. The van der Waals surface area contributed by atoms with Gasteiger partial charge in [0.25, 0.3) is 5.69 Å². The maximum Gasteiger partial charge on any atom is 0.292 e. The molecule has 0 unspecified atom stereocenters. The third-order valence-electron chi connectivity index (χ3n) is 2.45. The second kappa shape index (κ2) is 5.46. The van der Waals surface area contributed by atoms with E-state index in [1.807, 2.05) is 24.8 Å². The predicted molar refractivity (Wildman–Crippen MR) is 64.8 cm³/mol. The summed E-state index contributed by atoms with van der Waals surface area (Å²) in [7, 11) is 0. The Morgan fingerprint density at radius 1 is 1.50 bits per heavy atom. The number of rotatable bonds is 5. The molecule has 88 valence electrons. The fraction of sp³-hybridized carbons (Fsp3) is 0.455. The van der Waals surface area contributed by atoms with Crippen LogP contribution in [0.3, 0.4) is 0 Å². The van der Waals surface area contributed by atoms with Crippen LogP contribution >= 0.6 is 0 Å². The number of likely N-dealkylation sites (N-methyl/N-ethyl adjacent to an activating group) is 1. The summed E-state index contributed by atoms with van der Waals surface area (Å²) in [6, 6.07) is 5.12. The van der Waals surface area contributed by atoms with Gasteiger partial charge in [0.05, 0.1) is 4.92 Å². The monoisotopic (exact) mass is 223 g/mol. The van der Waals surface area contributed by atoms with E-state index in [9.17, 15) is 10.1 Å². The summed E-state index contributed by atoms with van der Waals surface area (Å²) in [6.07, 6.45) is 0. The van der Waals surface area contributed by atoms with Gasteiger partial charge in [-0.1, -0.05) is 6.07 Å². The first-order chi connectivity index (χ1) is 7.60. The summed E-state index contributed by atoms with van der Waals surface area (Å²) in [5.74, 6) is 0. The van der Waals surface area contributed by atoms with Gasteiger partial charge in [-0.05, 0) is 25.5 Å². The molecule has 0 aliphatic rings. The van der Waals surface area contributed by atoms with Crippen molar-refractivity contribution in [1.29, 1.82) is 0 Å². The summed E-state index contributed by atoms with van der Waals surface area (Å²) in [4.78, 5) is 12.5. The minimum Gasteiger partial charge on any atom is -0.365 e. The number of nitrogens with zero attached hydrogens (tertiary/aromatic N) is 2. The van der Waals surface area contributed by atoms with E-state index in [1.165, 1.54) is 0 Å². The van der Waals surface area contributed by atoms with Gasteiger partial charge in [-0.2, -0.15) is 0 Å². The van der Waals surface area contributed by atoms with E-state index in [1.54, 1.807) is 12.1 Å². The molecule has 0 bridgehead atoms. The zero-order valence-electron chi connectivity index (χ0n) is 9.64. The Labute approximate surface area is 95.0 Å². The highest BCUT2D eigenvalue weighted by atomic mass is 16.6. The Balaban J connectivity index is 3.16. The van der Waals surface area contributed by atoms with Crippen molar-refractivity contribution in [3.63, 3.8) is 0 Å². The normalized spacial score (nSPS) is 10.2. The van der Waals surface area contributed by atoms with Crippen LogP contribution < -0.4 is 10.6 Å². The van der Waals surface area contributed by atoms with Crippen molar-refractivity contribution in [2.24, 2.45) is 5.73 Å². The number of anilines is 1. The van der Waals surface area contributed by atoms with Crippen molar-refractivity contribution < 1.29 is 4.92 Å². The fourth-order valence-electron chi connectivity index (χ4n) is 1.65. The molecule has 1 aromatic carbocycles. The highest BCUT2D eigenvalue weighted by Crippen LogP contribution is 2.28. The van der Waals surface area contributed by atoms with Gasteiger partial charge in [-0.15, -0.1) is 0 Å². The lowest BCUT2D eigenvalue weighted by Gasteiger charge is -2.22. The molecule has 0 atom stereocenters. The summed E-state index contributed by atoms with van der Waals surface area (Å²) >= 11 is 0. The molecule has 0 aromatic heterocycles. The molecule has 5 nitrogen and oxygen atoms in total. The van der Waals surface area contributed by atoms with Crippen LogP contribution in [0, 0.1) is 17.0 Å². The van der Waals surface area contributed by atoms with Crippen LogP contribution in [-0.2, 0) is 0 Å². The molecule has 16 heavy (non-hydrogen) atoms. The highest BCUT2D eigenvalue weighted by Gasteiger charge is 2.17. The quantitative estimate of drug-likeness (QED) is 0.609. The molecule has 0 aliphatic heterocycles. The van der Waals surface area contributed by atoms with Crippen LogP contribution in [0.4, 0.5) is 11.4 Å². The maximum atomic E-state index is 10.9. The Bertz CT molecular complexity index is 379. The second-order valence-electron chi connectivity index (χ2n) is 3.62. The summed E-state index contributed by atoms with van der Waals surface area (Å²) in [5.41, 5.74) is 7.30. The summed E-state index contributed by atoms with van der Waals surface area (Å²) in [5, 5.41) is 10.9. The van der Waals surface area contributed by atoms with E-state index in [4.69, 9.17) is 5.73 Å². The topological polar surface area (TPSA) is 72.4 Å². The fourth-order valence-corrected chi connectivity index (χ4v) is 1.65. The lowest BCUT2D eigenvalue weighted by molar-refractivity contribution is -0.384. The molecule has 0 saturated carbocycles. The molecule has 0 radical (unpaired) electrons. The first-order valence-electron chi connectivity index (χ1n) is 5.30. The van der Waals surface area contributed by atoms with Crippen molar-refractivity contribution in [2.45, 2.75) is 13.8 Å². The minimum atomic E-state index is -0.353. The molecular weight excluding hydrogens is 206 g/mol. The van der Waals surface area contributed by atoms with Gasteiger partial charge in [-0.25, -0.2) is 0 Å². The molecule has 0 heterocycles. The average molecular weight is 223 g/mol. The van der Waals surface area contributed by atoms with Gasteiger partial charge in [0, 0.05) is 25.7 Å². The second-order valence-corrected chi connectivity index (χ2v) is 3.62. The predicted octanol–water partition coefficient (Wildman–Crippen LogP) is 1.69. The molecule has 0 fully saturated rings. The SMILES string of the molecule is CCN(CCN)c1cc(C)ccc1[N+](=O)[O-]. The Morgan fingerprint density at radius 3 is 2.69 bits per heavy atom. The minimum absolute atomic E-state index is 0.140. The molecule has 2 N–H and O–H groups in total. The molecule has 0 aliphatic carbocycles. The van der Waals surface area contributed by atoms with Crippen molar-refractivity contribution in [1.82, 2.24) is 0 Å². The van der Waals surface area contributed by atoms with Crippen LogP contribution in [0.5, 0.6) is 0 Å². The van der Waals surface area contributed by atoms with Crippen molar-refractivity contribution in [2.75, 3.05) is 24.5 Å².